The molecule has 0 saturated carbocycles. The van der Waals surface area contributed by atoms with Crippen LogP contribution in [0.5, 0.6) is 0 Å². The van der Waals surface area contributed by atoms with Gasteiger partial charge in [0, 0.05) is 24.8 Å². The normalized spacial score (nSPS) is 11.2. The quantitative estimate of drug-likeness (QED) is 0.746. The van der Waals surface area contributed by atoms with Gasteiger partial charge in [-0.15, -0.1) is 0 Å². The van der Waals surface area contributed by atoms with Crippen molar-refractivity contribution in [1.82, 2.24) is 9.88 Å². The number of aromatic nitrogens is 1. The molecule has 4 heteroatoms. The number of hydrogen-bond donors (Lipinski definition) is 1. The predicted octanol–water partition coefficient (Wildman–Crippen LogP) is 0.914. The fourth-order valence-corrected chi connectivity index (χ4v) is 1.14. The van der Waals surface area contributed by atoms with Crippen molar-refractivity contribution in [2.75, 3.05) is 0 Å². The molecule has 0 fully saturated rings. The first kappa shape index (κ1) is 11.5. The van der Waals surface area contributed by atoms with Crippen LogP contribution in [0.15, 0.2) is 23.1 Å². The van der Waals surface area contributed by atoms with Gasteiger partial charge in [0.1, 0.15) is 0 Å². The summed E-state index contributed by atoms with van der Waals surface area (Å²) in [6.45, 7) is 5.73. The van der Waals surface area contributed by atoms with Crippen LogP contribution >= 0.6 is 0 Å². The Morgan fingerprint density at radius 3 is 2.40 bits per heavy atom. The molecule has 1 aromatic heterocycles. The fraction of sp³-hybridized carbons (Fsp3) is 0.455. The van der Waals surface area contributed by atoms with Crippen LogP contribution in [0.3, 0.4) is 0 Å². The van der Waals surface area contributed by atoms with Crippen LogP contribution in [0.2, 0.25) is 0 Å². The summed E-state index contributed by atoms with van der Waals surface area (Å²) in [6.07, 6.45) is 1.53. The molecule has 0 aliphatic rings. The third kappa shape index (κ3) is 3.23. The number of hydrogen-bond acceptors (Lipinski definition) is 2. The monoisotopic (exact) mass is 208 g/mol. The predicted molar refractivity (Wildman–Crippen MR) is 58.9 cm³/mol. The molecule has 0 bridgehead atoms. The van der Waals surface area contributed by atoms with Crippen LogP contribution in [0.4, 0.5) is 0 Å². The molecule has 1 rings (SSSR count). The third-order valence-corrected chi connectivity index (χ3v) is 1.84. The number of carbonyl (C=O) groups excluding carboxylic acids is 1. The first-order valence-corrected chi connectivity index (χ1v) is 4.79. The number of aryl methyl sites for hydroxylation is 1. The molecule has 1 aromatic rings. The molecule has 1 N–H and O–H groups in total. The number of amides is 1. The first-order chi connectivity index (χ1) is 6.79. The van der Waals surface area contributed by atoms with Gasteiger partial charge in [-0.1, -0.05) is 0 Å². The van der Waals surface area contributed by atoms with Crippen molar-refractivity contribution in [3.05, 3.63) is 34.2 Å². The third-order valence-electron chi connectivity index (χ3n) is 1.84. The highest BCUT2D eigenvalue weighted by atomic mass is 16.2. The van der Waals surface area contributed by atoms with E-state index in [1.165, 1.54) is 22.9 Å². The summed E-state index contributed by atoms with van der Waals surface area (Å²) >= 11 is 0. The largest absolute Gasteiger partial charge is 0.347 e. The van der Waals surface area contributed by atoms with Gasteiger partial charge in [-0.2, -0.15) is 0 Å². The van der Waals surface area contributed by atoms with Gasteiger partial charge in [0.25, 0.3) is 5.91 Å². The maximum atomic E-state index is 11.7. The molecule has 0 saturated heterocycles. The van der Waals surface area contributed by atoms with E-state index in [2.05, 4.69) is 5.32 Å². The average Bonchev–Trinajstić information content (AvgIpc) is 2.06. The summed E-state index contributed by atoms with van der Waals surface area (Å²) in [5.74, 6) is -0.168. The summed E-state index contributed by atoms with van der Waals surface area (Å²) in [7, 11) is 1.62. The van der Waals surface area contributed by atoms with Crippen LogP contribution in [-0.4, -0.2) is 16.0 Å². The molecule has 1 amide bonds. The number of nitrogens with zero attached hydrogens (tertiary/aromatic N) is 1. The lowest BCUT2D eigenvalue weighted by Crippen LogP contribution is -2.40. The second-order valence-corrected chi connectivity index (χ2v) is 4.57. The number of pyridine rings is 1. The van der Waals surface area contributed by atoms with Crippen LogP contribution < -0.4 is 10.9 Å². The molecule has 0 unspecified atom stereocenters. The van der Waals surface area contributed by atoms with Gasteiger partial charge in [0.05, 0.1) is 5.56 Å². The van der Waals surface area contributed by atoms with Crippen molar-refractivity contribution in [2.45, 2.75) is 26.3 Å². The van der Waals surface area contributed by atoms with Crippen LogP contribution in [0.1, 0.15) is 31.1 Å². The van der Waals surface area contributed by atoms with Gasteiger partial charge < -0.3 is 9.88 Å². The van der Waals surface area contributed by atoms with E-state index in [1.54, 1.807) is 7.05 Å². The topological polar surface area (TPSA) is 51.1 Å². The van der Waals surface area contributed by atoms with Gasteiger partial charge >= 0.3 is 0 Å². The van der Waals surface area contributed by atoms with Gasteiger partial charge in [-0.25, -0.2) is 0 Å². The lowest BCUT2D eigenvalue weighted by atomic mass is 10.1. The molecular weight excluding hydrogens is 192 g/mol. The van der Waals surface area contributed by atoms with E-state index in [0.29, 0.717) is 5.56 Å². The maximum absolute atomic E-state index is 11.7. The van der Waals surface area contributed by atoms with Crippen LogP contribution in [0, 0.1) is 0 Å². The van der Waals surface area contributed by atoms with E-state index in [1.807, 2.05) is 20.8 Å². The summed E-state index contributed by atoms with van der Waals surface area (Å²) in [5, 5.41) is 2.83. The Kier molecular flexibility index (Phi) is 2.98. The standard InChI is InChI=1S/C11H16N2O2/c1-11(2,3)12-10(15)8-5-6-9(14)13(4)7-8/h5-7H,1-4H3,(H,12,15). The molecule has 0 radical (unpaired) electrons. The molecule has 0 atom stereocenters. The zero-order valence-corrected chi connectivity index (χ0v) is 9.50. The van der Waals surface area contributed by atoms with Gasteiger partial charge in [0.2, 0.25) is 5.56 Å². The molecule has 0 spiro atoms. The van der Waals surface area contributed by atoms with Crippen molar-refractivity contribution in [1.29, 1.82) is 0 Å². The Hall–Kier alpha value is -1.58. The first-order valence-electron chi connectivity index (χ1n) is 4.79. The van der Waals surface area contributed by atoms with E-state index < -0.39 is 0 Å². The van der Waals surface area contributed by atoms with E-state index in [4.69, 9.17) is 0 Å². The van der Waals surface area contributed by atoms with Crippen molar-refractivity contribution in [3.63, 3.8) is 0 Å². The molecular formula is C11H16N2O2. The van der Waals surface area contributed by atoms with Gasteiger partial charge in [-0.05, 0) is 26.8 Å². The zero-order valence-electron chi connectivity index (χ0n) is 9.50. The van der Waals surface area contributed by atoms with E-state index >= 15 is 0 Å². The Morgan fingerprint density at radius 2 is 1.93 bits per heavy atom. The summed E-state index contributed by atoms with van der Waals surface area (Å²) < 4.78 is 1.39. The Balaban J connectivity index is 2.93. The molecule has 4 nitrogen and oxygen atoms in total. The van der Waals surface area contributed by atoms with E-state index in [0.717, 1.165) is 0 Å². The van der Waals surface area contributed by atoms with Crippen molar-refractivity contribution in [2.24, 2.45) is 7.05 Å². The second-order valence-electron chi connectivity index (χ2n) is 4.57. The van der Waals surface area contributed by atoms with Crippen molar-refractivity contribution in [3.8, 4) is 0 Å². The lowest BCUT2D eigenvalue weighted by Gasteiger charge is -2.20. The van der Waals surface area contributed by atoms with Crippen LogP contribution in [-0.2, 0) is 7.05 Å². The Morgan fingerprint density at radius 1 is 1.33 bits per heavy atom. The maximum Gasteiger partial charge on any atom is 0.253 e. The molecule has 0 aromatic carbocycles. The highest BCUT2D eigenvalue weighted by Gasteiger charge is 2.15. The molecule has 0 aliphatic carbocycles. The summed E-state index contributed by atoms with van der Waals surface area (Å²) in [6, 6.07) is 2.92. The Labute approximate surface area is 88.9 Å². The highest BCUT2D eigenvalue weighted by Crippen LogP contribution is 2.02. The fourth-order valence-electron chi connectivity index (χ4n) is 1.14. The average molecular weight is 208 g/mol. The number of carbonyl (C=O) groups is 1. The smallest absolute Gasteiger partial charge is 0.253 e. The van der Waals surface area contributed by atoms with Crippen LogP contribution in [0.25, 0.3) is 0 Å². The molecule has 82 valence electrons. The second kappa shape index (κ2) is 3.88. The SMILES string of the molecule is Cn1cc(C(=O)NC(C)(C)C)ccc1=O. The van der Waals surface area contributed by atoms with Crippen molar-refractivity contribution >= 4 is 5.91 Å². The zero-order chi connectivity index (χ0) is 11.6. The number of rotatable bonds is 1. The molecule has 15 heavy (non-hydrogen) atoms. The van der Waals surface area contributed by atoms with E-state index in [-0.39, 0.29) is 17.0 Å². The molecule has 1 heterocycles. The summed E-state index contributed by atoms with van der Waals surface area (Å²) in [4.78, 5) is 22.8. The van der Waals surface area contributed by atoms with Gasteiger partial charge in [0.15, 0.2) is 0 Å². The van der Waals surface area contributed by atoms with Crippen molar-refractivity contribution < 1.29 is 4.79 Å². The summed E-state index contributed by atoms with van der Waals surface area (Å²) in [5.41, 5.74) is 0.0977. The number of nitrogens with one attached hydrogen (secondary N) is 1. The minimum Gasteiger partial charge on any atom is -0.347 e. The van der Waals surface area contributed by atoms with E-state index in [9.17, 15) is 9.59 Å². The van der Waals surface area contributed by atoms with Gasteiger partial charge in [-0.3, -0.25) is 9.59 Å². The minimum atomic E-state index is -0.272. The highest BCUT2D eigenvalue weighted by molar-refractivity contribution is 5.94. The minimum absolute atomic E-state index is 0.123. The lowest BCUT2D eigenvalue weighted by molar-refractivity contribution is 0.0918. The Bertz CT molecular complexity index is 427. The molecule has 0 aliphatic heterocycles.